The smallest absolute Gasteiger partial charge is 0.0761 e. The van der Waals surface area contributed by atoms with E-state index in [4.69, 9.17) is 4.74 Å². The van der Waals surface area contributed by atoms with E-state index >= 15 is 0 Å². The number of rotatable bonds is 7. The minimum Gasteiger partial charge on any atom is -0.377 e. The molecule has 0 rings (SSSR count). The molecule has 0 aliphatic carbocycles. The van der Waals surface area contributed by atoms with E-state index in [2.05, 4.69) is 39.1 Å². The van der Waals surface area contributed by atoms with Gasteiger partial charge in [0, 0.05) is 6.61 Å². The van der Waals surface area contributed by atoms with Gasteiger partial charge in [-0.05, 0) is 33.7 Å². The molecule has 0 aromatic rings. The fourth-order valence-electron chi connectivity index (χ4n) is 1.58. The Morgan fingerprint density at radius 3 is 2.29 bits per heavy atom. The number of hydrogen-bond donors (Lipinski definition) is 1. The van der Waals surface area contributed by atoms with Gasteiger partial charge in [0.15, 0.2) is 0 Å². The quantitative estimate of drug-likeness (QED) is 0.637. The molecule has 14 heavy (non-hydrogen) atoms. The van der Waals surface area contributed by atoms with Gasteiger partial charge in [-0.25, -0.2) is 0 Å². The maximum absolute atomic E-state index is 5.70. The lowest BCUT2D eigenvalue weighted by Gasteiger charge is -2.24. The van der Waals surface area contributed by atoms with Crippen molar-refractivity contribution in [3.63, 3.8) is 0 Å². The summed E-state index contributed by atoms with van der Waals surface area (Å²) in [4.78, 5) is 0. The maximum atomic E-state index is 5.70. The van der Waals surface area contributed by atoms with E-state index in [-0.39, 0.29) is 0 Å². The molecule has 2 atom stereocenters. The first-order chi connectivity index (χ1) is 6.65. The molecule has 0 saturated heterocycles. The highest BCUT2D eigenvalue weighted by Gasteiger charge is 2.16. The van der Waals surface area contributed by atoms with E-state index in [0.29, 0.717) is 12.1 Å². The summed E-state index contributed by atoms with van der Waals surface area (Å²) in [5.74, 6) is 0. The zero-order valence-corrected chi connectivity index (χ0v) is 10.3. The summed E-state index contributed by atoms with van der Waals surface area (Å²) < 4.78 is 5.70. The van der Waals surface area contributed by atoms with Gasteiger partial charge in [-0.2, -0.15) is 0 Å². The molecule has 2 heteroatoms. The Kier molecular flexibility index (Phi) is 7.81. The van der Waals surface area contributed by atoms with Crippen LogP contribution >= 0.6 is 0 Å². The molecular formula is C12H25NO. The summed E-state index contributed by atoms with van der Waals surface area (Å²) in [7, 11) is 0. The van der Waals surface area contributed by atoms with Crippen molar-refractivity contribution in [3.05, 3.63) is 11.6 Å². The van der Waals surface area contributed by atoms with Crippen molar-refractivity contribution in [2.24, 2.45) is 0 Å². The van der Waals surface area contributed by atoms with Gasteiger partial charge in [0.05, 0.1) is 12.1 Å². The van der Waals surface area contributed by atoms with Crippen LogP contribution in [0.5, 0.6) is 0 Å². The van der Waals surface area contributed by atoms with Crippen LogP contribution in [0.25, 0.3) is 0 Å². The van der Waals surface area contributed by atoms with Gasteiger partial charge in [-0.15, -0.1) is 0 Å². The predicted molar refractivity (Wildman–Crippen MR) is 62.6 cm³/mol. The Morgan fingerprint density at radius 1 is 1.29 bits per heavy atom. The molecule has 0 aromatic carbocycles. The maximum Gasteiger partial charge on any atom is 0.0761 e. The molecule has 84 valence electrons. The minimum atomic E-state index is 0.301. The Morgan fingerprint density at radius 2 is 1.93 bits per heavy atom. The largest absolute Gasteiger partial charge is 0.377 e. The van der Waals surface area contributed by atoms with Crippen molar-refractivity contribution in [1.29, 1.82) is 0 Å². The summed E-state index contributed by atoms with van der Waals surface area (Å²) in [6.45, 7) is 12.4. The molecule has 0 saturated carbocycles. The van der Waals surface area contributed by atoms with Crippen LogP contribution in [0.2, 0.25) is 0 Å². The van der Waals surface area contributed by atoms with Crippen molar-refractivity contribution >= 4 is 0 Å². The Labute approximate surface area is 88.7 Å². The number of allylic oxidation sites excluding steroid dienone is 1. The van der Waals surface area contributed by atoms with Crippen molar-refractivity contribution in [2.45, 2.75) is 53.2 Å². The molecule has 0 heterocycles. The first kappa shape index (κ1) is 13.7. The Hall–Kier alpha value is -0.340. The van der Waals surface area contributed by atoms with Crippen LogP contribution in [0.1, 0.15) is 41.0 Å². The molecule has 0 bridgehead atoms. The highest BCUT2D eigenvalue weighted by molar-refractivity contribution is 5.03. The monoisotopic (exact) mass is 199 g/mol. The number of nitrogens with one attached hydrogen (secondary N) is 1. The van der Waals surface area contributed by atoms with Crippen LogP contribution in [0.3, 0.4) is 0 Å². The van der Waals surface area contributed by atoms with Crippen LogP contribution in [0.4, 0.5) is 0 Å². The fraction of sp³-hybridized carbons (Fsp3) is 0.833. The first-order valence-electron chi connectivity index (χ1n) is 5.65. The van der Waals surface area contributed by atoms with Gasteiger partial charge in [-0.1, -0.05) is 25.5 Å². The average Bonchev–Trinajstić information content (AvgIpc) is 2.13. The number of ether oxygens (including phenoxy) is 1. The average molecular weight is 199 g/mol. The van der Waals surface area contributed by atoms with Crippen LogP contribution in [0.15, 0.2) is 11.6 Å². The molecule has 0 fully saturated rings. The third-order valence-electron chi connectivity index (χ3n) is 2.14. The molecule has 1 N–H and O–H groups in total. The third-order valence-corrected chi connectivity index (χ3v) is 2.14. The topological polar surface area (TPSA) is 21.3 Å². The summed E-state index contributed by atoms with van der Waals surface area (Å²) >= 11 is 0. The zero-order chi connectivity index (χ0) is 11.0. The van der Waals surface area contributed by atoms with E-state index < -0.39 is 0 Å². The van der Waals surface area contributed by atoms with Crippen LogP contribution < -0.4 is 5.32 Å². The van der Waals surface area contributed by atoms with Gasteiger partial charge < -0.3 is 10.1 Å². The van der Waals surface area contributed by atoms with E-state index in [9.17, 15) is 0 Å². The Balaban J connectivity index is 4.34. The minimum absolute atomic E-state index is 0.301. The standard InChI is InChI=1S/C12H25NO/c1-6-12(14-8-3)11(13-7-2)9-10(4)5/h9,11-13H,6-8H2,1-5H3. The molecule has 0 radical (unpaired) electrons. The van der Waals surface area contributed by atoms with Gasteiger partial charge >= 0.3 is 0 Å². The van der Waals surface area contributed by atoms with Crippen LogP contribution in [0, 0.1) is 0 Å². The summed E-state index contributed by atoms with van der Waals surface area (Å²) in [6.07, 6.45) is 3.61. The van der Waals surface area contributed by atoms with Gasteiger partial charge in [0.2, 0.25) is 0 Å². The lowest BCUT2D eigenvalue weighted by Crippen LogP contribution is -2.39. The summed E-state index contributed by atoms with van der Waals surface area (Å²) in [5, 5.41) is 3.45. The van der Waals surface area contributed by atoms with Crippen molar-refractivity contribution in [1.82, 2.24) is 5.32 Å². The second kappa shape index (κ2) is 8.01. The van der Waals surface area contributed by atoms with Crippen molar-refractivity contribution in [2.75, 3.05) is 13.2 Å². The van der Waals surface area contributed by atoms with E-state index in [1.165, 1.54) is 5.57 Å². The van der Waals surface area contributed by atoms with Gasteiger partial charge in [-0.3, -0.25) is 0 Å². The highest BCUT2D eigenvalue weighted by Crippen LogP contribution is 2.08. The molecule has 0 amide bonds. The molecule has 2 nitrogen and oxygen atoms in total. The fourth-order valence-corrected chi connectivity index (χ4v) is 1.58. The summed E-state index contributed by atoms with van der Waals surface area (Å²) in [5.41, 5.74) is 1.34. The second-order valence-electron chi connectivity index (χ2n) is 3.73. The highest BCUT2D eigenvalue weighted by atomic mass is 16.5. The SMILES string of the molecule is CCNC(C=C(C)C)C(CC)OCC. The Bertz CT molecular complexity index is 162. The van der Waals surface area contributed by atoms with E-state index in [1.807, 2.05) is 6.92 Å². The molecular weight excluding hydrogens is 174 g/mol. The van der Waals surface area contributed by atoms with E-state index in [0.717, 1.165) is 19.6 Å². The molecule has 0 aromatic heterocycles. The lowest BCUT2D eigenvalue weighted by molar-refractivity contribution is 0.0436. The molecule has 0 spiro atoms. The van der Waals surface area contributed by atoms with E-state index in [1.54, 1.807) is 0 Å². The number of likely N-dealkylation sites (N-methyl/N-ethyl adjacent to an activating group) is 1. The normalized spacial score (nSPS) is 14.9. The second-order valence-corrected chi connectivity index (χ2v) is 3.73. The zero-order valence-electron chi connectivity index (χ0n) is 10.3. The van der Waals surface area contributed by atoms with Gasteiger partial charge in [0.25, 0.3) is 0 Å². The van der Waals surface area contributed by atoms with Crippen LogP contribution in [-0.4, -0.2) is 25.3 Å². The number of hydrogen-bond acceptors (Lipinski definition) is 2. The molecule has 0 aliphatic rings. The van der Waals surface area contributed by atoms with Crippen LogP contribution in [-0.2, 0) is 4.74 Å². The van der Waals surface area contributed by atoms with Crippen molar-refractivity contribution < 1.29 is 4.74 Å². The first-order valence-corrected chi connectivity index (χ1v) is 5.65. The lowest BCUT2D eigenvalue weighted by atomic mass is 10.1. The van der Waals surface area contributed by atoms with Gasteiger partial charge in [0.1, 0.15) is 0 Å². The molecule has 0 aliphatic heterocycles. The summed E-state index contributed by atoms with van der Waals surface area (Å²) in [6, 6.07) is 0.356. The molecule has 2 unspecified atom stereocenters. The predicted octanol–water partition coefficient (Wildman–Crippen LogP) is 2.75. The van der Waals surface area contributed by atoms with Crippen molar-refractivity contribution in [3.8, 4) is 0 Å². The third kappa shape index (κ3) is 5.40.